The number of carbonyl (C=O) groups excluding carboxylic acids is 1. The SMILES string of the molecule is COC[C@H](C)c1cnc(OC2CN(C(=O)[C@H]3C[C@H]3F)C2)c2cnc(Cl)cc12. The molecule has 0 unspecified atom stereocenters. The molecule has 2 fully saturated rings. The summed E-state index contributed by atoms with van der Waals surface area (Å²) in [7, 11) is 1.66. The van der Waals surface area contributed by atoms with Crippen molar-refractivity contribution in [2.75, 3.05) is 26.8 Å². The van der Waals surface area contributed by atoms with Crippen LogP contribution in [0.3, 0.4) is 0 Å². The highest BCUT2D eigenvalue weighted by Crippen LogP contribution is 2.37. The normalized spacial score (nSPS) is 23.2. The van der Waals surface area contributed by atoms with E-state index in [1.165, 1.54) is 0 Å². The molecular formula is C19H21ClFN3O3. The number of pyridine rings is 2. The number of hydrogen-bond donors (Lipinski definition) is 0. The Morgan fingerprint density at radius 3 is 2.78 bits per heavy atom. The molecule has 3 atom stereocenters. The summed E-state index contributed by atoms with van der Waals surface area (Å²) in [5.74, 6) is 0.0473. The lowest BCUT2D eigenvalue weighted by Crippen LogP contribution is -2.56. The molecule has 1 aliphatic heterocycles. The van der Waals surface area contributed by atoms with Crippen molar-refractivity contribution in [3.8, 4) is 5.88 Å². The summed E-state index contributed by atoms with van der Waals surface area (Å²) >= 11 is 6.09. The molecule has 2 aliphatic rings. The minimum atomic E-state index is -0.972. The number of rotatable bonds is 6. The Labute approximate surface area is 161 Å². The Hall–Kier alpha value is -1.99. The maximum Gasteiger partial charge on any atom is 0.228 e. The van der Waals surface area contributed by atoms with Crippen molar-refractivity contribution in [1.82, 2.24) is 14.9 Å². The largest absolute Gasteiger partial charge is 0.470 e. The van der Waals surface area contributed by atoms with Gasteiger partial charge in [0.1, 0.15) is 17.4 Å². The van der Waals surface area contributed by atoms with Gasteiger partial charge in [0.05, 0.1) is 31.0 Å². The molecule has 0 aromatic carbocycles. The summed E-state index contributed by atoms with van der Waals surface area (Å²) < 4.78 is 24.3. The van der Waals surface area contributed by atoms with E-state index in [4.69, 9.17) is 21.1 Å². The van der Waals surface area contributed by atoms with Gasteiger partial charge in [-0.2, -0.15) is 0 Å². The fourth-order valence-corrected chi connectivity index (χ4v) is 3.60. The molecule has 2 aromatic heterocycles. The van der Waals surface area contributed by atoms with Crippen LogP contribution >= 0.6 is 11.6 Å². The highest BCUT2D eigenvalue weighted by atomic mass is 35.5. The number of hydrogen-bond acceptors (Lipinski definition) is 5. The Morgan fingerprint density at radius 1 is 1.37 bits per heavy atom. The summed E-state index contributed by atoms with van der Waals surface area (Å²) in [4.78, 5) is 22.3. The summed E-state index contributed by atoms with van der Waals surface area (Å²) in [6, 6.07) is 1.80. The number of carbonyl (C=O) groups is 1. The summed E-state index contributed by atoms with van der Waals surface area (Å²) in [5.41, 5.74) is 1.01. The summed E-state index contributed by atoms with van der Waals surface area (Å²) in [5, 5.41) is 2.10. The molecule has 1 aliphatic carbocycles. The molecule has 1 saturated heterocycles. The van der Waals surface area contributed by atoms with Crippen LogP contribution in [0.15, 0.2) is 18.5 Å². The molecule has 2 aromatic rings. The van der Waals surface area contributed by atoms with E-state index in [-0.39, 0.29) is 17.9 Å². The first-order valence-corrected chi connectivity index (χ1v) is 9.38. The molecule has 0 bridgehead atoms. The van der Waals surface area contributed by atoms with Gasteiger partial charge in [0, 0.05) is 25.4 Å². The third kappa shape index (κ3) is 3.58. The first-order chi connectivity index (χ1) is 13.0. The molecule has 144 valence electrons. The number of amides is 1. The minimum absolute atomic E-state index is 0.114. The van der Waals surface area contributed by atoms with Gasteiger partial charge in [0.25, 0.3) is 0 Å². The average Bonchev–Trinajstić information content (AvgIpc) is 3.33. The van der Waals surface area contributed by atoms with E-state index < -0.39 is 12.1 Å². The van der Waals surface area contributed by atoms with Crippen LogP contribution in [-0.4, -0.2) is 59.9 Å². The van der Waals surface area contributed by atoms with Gasteiger partial charge in [-0.3, -0.25) is 4.79 Å². The van der Waals surface area contributed by atoms with Crippen LogP contribution in [0.25, 0.3) is 10.8 Å². The monoisotopic (exact) mass is 393 g/mol. The van der Waals surface area contributed by atoms with Crippen molar-refractivity contribution in [3.63, 3.8) is 0 Å². The highest BCUT2D eigenvalue weighted by Gasteiger charge is 2.48. The molecule has 0 radical (unpaired) electrons. The second kappa shape index (κ2) is 7.20. The van der Waals surface area contributed by atoms with Crippen molar-refractivity contribution in [2.45, 2.75) is 31.5 Å². The fourth-order valence-electron chi connectivity index (χ4n) is 3.44. The van der Waals surface area contributed by atoms with Crippen molar-refractivity contribution < 1.29 is 18.7 Å². The van der Waals surface area contributed by atoms with E-state index in [0.717, 1.165) is 16.3 Å². The second-order valence-corrected chi connectivity index (χ2v) is 7.66. The predicted octanol–water partition coefficient (Wildman–Crippen LogP) is 2.98. The molecule has 3 heterocycles. The van der Waals surface area contributed by atoms with Gasteiger partial charge in [-0.05, 0) is 23.4 Å². The molecule has 6 nitrogen and oxygen atoms in total. The number of alkyl halides is 1. The third-order valence-electron chi connectivity index (χ3n) is 5.15. The van der Waals surface area contributed by atoms with Crippen LogP contribution in [0.2, 0.25) is 5.15 Å². The molecule has 0 N–H and O–H groups in total. The van der Waals surface area contributed by atoms with E-state index in [9.17, 15) is 9.18 Å². The van der Waals surface area contributed by atoms with Crippen LogP contribution in [0, 0.1) is 5.92 Å². The molecule has 1 saturated carbocycles. The second-order valence-electron chi connectivity index (χ2n) is 7.27. The van der Waals surface area contributed by atoms with Gasteiger partial charge < -0.3 is 14.4 Å². The standard InChI is InChI=1S/C19H21ClFN3O3/c1-10(9-26-2)14-5-23-18(15-6-22-17(20)4-12(14)15)27-11-7-24(8-11)19(25)13-3-16(13)21/h4-6,10-11,13,16H,3,7-9H2,1-2H3/t10-,13-,16+/m0/s1. The lowest BCUT2D eigenvalue weighted by atomic mass is 9.98. The molecule has 27 heavy (non-hydrogen) atoms. The Balaban J connectivity index is 1.51. The zero-order valence-corrected chi connectivity index (χ0v) is 15.9. The van der Waals surface area contributed by atoms with Crippen molar-refractivity contribution in [1.29, 1.82) is 0 Å². The van der Waals surface area contributed by atoms with E-state index >= 15 is 0 Å². The molecule has 4 rings (SSSR count). The fraction of sp³-hybridized carbons (Fsp3) is 0.526. The summed E-state index contributed by atoms with van der Waals surface area (Å²) in [6.45, 7) is 3.52. The Kier molecular flexibility index (Phi) is 4.90. The number of nitrogens with zero attached hydrogens (tertiary/aromatic N) is 3. The van der Waals surface area contributed by atoms with E-state index in [1.54, 1.807) is 30.5 Å². The minimum Gasteiger partial charge on any atom is -0.470 e. The molecule has 1 amide bonds. The van der Waals surface area contributed by atoms with Crippen LogP contribution in [0.4, 0.5) is 4.39 Å². The number of aromatic nitrogens is 2. The van der Waals surface area contributed by atoms with E-state index in [0.29, 0.717) is 37.2 Å². The van der Waals surface area contributed by atoms with Crippen LogP contribution in [0.1, 0.15) is 24.8 Å². The van der Waals surface area contributed by atoms with Gasteiger partial charge in [0.2, 0.25) is 11.8 Å². The topological polar surface area (TPSA) is 64.6 Å². The Morgan fingerprint density at radius 2 is 2.11 bits per heavy atom. The van der Waals surface area contributed by atoms with Gasteiger partial charge in [-0.1, -0.05) is 18.5 Å². The van der Waals surface area contributed by atoms with Crippen molar-refractivity contribution in [3.05, 3.63) is 29.2 Å². The van der Waals surface area contributed by atoms with Gasteiger partial charge >= 0.3 is 0 Å². The van der Waals surface area contributed by atoms with E-state index in [2.05, 4.69) is 16.9 Å². The van der Waals surface area contributed by atoms with Gasteiger partial charge in [0.15, 0.2) is 0 Å². The Bertz CT molecular complexity index is 875. The molecular weight excluding hydrogens is 373 g/mol. The van der Waals surface area contributed by atoms with Crippen molar-refractivity contribution in [2.24, 2.45) is 5.92 Å². The number of likely N-dealkylation sites (tertiary alicyclic amines) is 1. The number of fused-ring (bicyclic) bond motifs is 1. The zero-order chi connectivity index (χ0) is 19.1. The molecule has 8 heteroatoms. The zero-order valence-electron chi connectivity index (χ0n) is 15.2. The number of methoxy groups -OCH3 is 1. The lowest BCUT2D eigenvalue weighted by molar-refractivity contribution is -0.141. The van der Waals surface area contributed by atoms with Gasteiger partial charge in [-0.15, -0.1) is 0 Å². The maximum atomic E-state index is 13.0. The highest BCUT2D eigenvalue weighted by molar-refractivity contribution is 6.30. The third-order valence-corrected chi connectivity index (χ3v) is 5.35. The molecule has 0 spiro atoms. The summed E-state index contributed by atoms with van der Waals surface area (Å²) in [6.07, 6.45) is 2.65. The van der Waals surface area contributed by atoms with Crippen molar-refractivity contribution >= 4 is 28.3 Å². The number of ether oxygens (including phenoxy) is 2. The smallest absolute Gasteiger partial charge is 0.228 e. The number of halogens is 2. The van der Waals surface area contributed by atoms with Crippen LogP contribution in [0.5, 0.6) is 5.88 Å². The predicted molar refractivity (Wildman–Crippen MR) is 98.8 cm³/mol. The average molecular weight is 394 g/mol. The van der Waals surface area contributed by atoms with Crippen LogP contribution < -0.4 is 4.74 Å². The lowest BCUT2D eigenvalue weighted by Gasteiger charge is -2.39. The van der Waals surface area contributed by atoms with Crippen LogP contribution in [-0.2, 0) is 9.53 Å². The first kappa shape index (κ1) is 18.4. The quantitative estimate of drug-likeness (QED) is 0.706. The van der Waals surface area contributed by atoms with E-state index in [1.807, 2.05) is 0 Å². The first-order valence-electron chi connectivity index (χ1n) is 9.00. The van der Waals surface area contributed by atoms with Gasteiger partial charge in [-0.25, -0.2) is 14.4 Å². The maximum absolute atomic E-state index is 13.0.